The first-order chi connectivity index (χ1) is 12.1. The van der Waals surface area contributed by atoms with Crippen LogP contribution in [0.25, 0.3) is 5.69 Å². The number of anilines is 1. The van der Waals surface area contributed by atoms with Gasteiger partial charge >= 0.3 is 0 Å². The lowest BCUT2D eigenvalue weighted by atomic mass is 10.2. The average Bonchev–Trinajstić information content (AvgIpc) is 3.02. The van der Waals surface area contributed by atoms with E-state index in [2.05, 4.69) is 21.6 Å². The fraction of sp³-hybridized carbons (Fsp3) is 0.167. The minimum absolute atomic E-state index is 0.170. The zero-order valence-electron chi connectivity index (χ0n) is 13.7. The molecular formula is C18H17N4O2S-. The van der Waals surface area contributed by atoms with Gasteiger partial charge in [-0.1, -0.05) is 42.1 Å². The SMILES string of the molecule is Cc1cccc(NCc2nnc(SCC(=O)[O-])n2-c2ccccc2)c1. The van der Waals surface area contributed by atoms with E-state index in [4.69, 9.17) is 0 Å². The van der Waals surface area contributed by atoms with E-state index in [1.54, 1.807) is 0 Å². The number of hydrogen-bond donors (Lipinski definition) is 1. The molecule has 3 rings (SSSR count). The minimum Gasteiger partial charge on any atom is -0.549 e. The van der Waals surface area contributed by atoms with Gasteiger partial charge in [0.05, 0.1) is 12.5 Å². The quantitative estimate of drug-likeness (QED) is 0.655. The fourth-order valence-electron chi connectivity index (χ4n) is 2.40. The molecule has 0 spiro atoms. The maximum Gasteiger partial charge on any atom is 0.196 e. The topological polar surface area (TPSA) is 82.9 Å². The standard InChI is InChI=1S/C18H18N4O2S/c1-13-6-5-7-14(10-13)19-11-16-20-21-18(25-12-17(23)24)22(16)15-8-3-2-4-9-15/h2-10,19H,11-12H2,1H3,(H,23,24)/p-1. The Morgan fingerprint density at radius 3 is 2.68 bits per heavy atom. The molecule has 0 fully saturated rings. The van der Waals surface area contributed by atoms with Crippen LogP contribution in [0, 0.1) is 6.92 Å². The number of hydrogen-bond acceptors (Lipinski definition) is 6. The molecule has 0 unspecified atom stereocenters. The number of aromatic nitrogens is 3. The molecule has 2 aromatic carbocycles. The number of carbonyl (C=O) groups excluding carboxylic acids is 1. The number of rotatable bonds is 7. The van der Waals surface area contributed by atoms with Gasteiger partial charge in [-0.15, -0.1) is 10.2 Å². The Morgan fingerprint density at radius 2 is 1.96 bits per heavy atom. The molecule has 0 atom stereocenters. The van der Waals surface area contributed by atoms with E-state index in [9.17, 15) is 9.90 Å². The van der Waals surface area contributed by atoms with Crippen molar-refractivity contribution in [2.24, 2.45) is 0 Å². The first-order valence-corrected chi connectivity index (χ1v) is 8.75. The number of nitrogens with zero attached hydrogens (tertiary/aromatic N) is 3. The van der Waals surface area contributed by atoms with Crippen molar-refractivity contribution < 1.29 is 9.90 Å². The van der Waals surface area contributed by atoms with E-state index in [0.29, 0.717) is 17.5 Å². The van der Waals surface area contributed by atoms with Crippen LogP contribution in [0.4, 0.5) is 5.69 Å². The average molecular weight is 353 g/mol. The van der Waals surface area contributed by atoms with E-state index in [-0.39, 0.29) is 5.75 Å². The second kappa shape index (κ2) is 7.85. The molecule has 0 saturated carbocycles. The van der Waals surface area contributed by atoms with Crippen LogP contribution in [-0.4, -0.2) is 26.5 Å². The molecule has 0 aliphatic heterocycles. The molecular weight excluding hydrogens is 336 g/mol. The highest BCUT2D eigenvalue weighted by Crippen LogP contribution is 2.22. The summed E-state index contributed by atoms with van der Waals surface area (Å²) >= 11 is 1.09. The second-order valence-electron chi connectivity index (χ2n) is 5.45. The van der Waals surface area contributed by atoms with Gasteiger partial charge in [-0.25, -0.2) is 0 Å². The predicted molar refractivity (Wildman–Crippen MR) is 95.6 cm³/mol. The highest BCUT2D eigenvalue weighted by atomic mass is 32.2. The number of carboxylic acids is 1. The molecule has 0 radical (unpaired) electrons. The Hall–Kier alpha value is -2.80. The van der Waals surface area contributed by atoms with Crippen molar-refractivity contribution in [1.29, 1.82) is 0 Å². The first kappa shape index (κ1) is 17.0. The molecule has 1 N–H and O–H groups in total. The summed E-state index contributed by atoms with van der Waals surface area (Å²) in [7, 11) is 0. The van der Waals surface area contributed by atoms with Gasteiger partial charge in [0.2, 0.25) is 0 Å². The van der Waals surface area contributed by atoms with Gasteiger partial charge in [0.25, 0.3) is 0 Å². The van der Waals surface area contributed by atoms with Crippen molar-refractivity contribution in [2.75, 3.05) is 11.1 Å². The van der Waals surface area contributed by atoms with Crippen molar-refractivity contribution in [3.05, 3.63) is 66.0 Å². The number of carboxylic acid groups (broad SMARTS) is 1. The predicted octanol–water partition coefficient (Wildman–Crippen LogP) is 2.03. The van der Waals surface area contributed by atoms with Crippen LogP contribution in [0.3, 0.4) is 0 Å². The molecule has 6 nitrogen and oxygen atoms in total. The highest BCUT2D eigenvalue weighted by Gasteiger charge is 2.14. The lowest BCUT2D eigenvalue weighted by Crippen LogP contribution is -2.24. The summed E-state index contributed by atoms with van der Waals surface area (Å²) in [5, 5.41) is 23.0. The lowest BCUT2D eigenvalue weighted by molar-refractivity contribution is -0.301. The molecule has 3 aromatic rings. The first-order valence-electron chi connectivity index (χ1n) is 7.76. The Balaban J connectivity index is 1.86. The summed E-state index contributed by atoms with van der Waals surface area (Å²) in [6, 6.07) is 17.7. The van der Waals surface area contributed by atoms with Crippen LogP contribution in [-0.2, 0) is 11.3 Å². The monoisotopic (exact) mass is 353 g/mol. The smallest absolute Gasteiger partial charge is 0.196 e. The number of benzene rings is 2. The van der Waals surface area contributed by atoms with E-state index in [0.717, 1.165) is 23.1 Å². The van der Waals surface area contributed by atoms with E-state index >= 15 is 0 Å². The van der Waals surface area contributed by atoms with Crippen LogP contribution >= 0.6 is 11.8 Å². The largest absolute Gasteiger partial charge is 0.549 e. The number of carbonyl (C=O) groups is 1. The zero-order valence-corrected chi connectivity index (χ0v) is 14.5. The number of aryl methyl sites for hydroxylation is 1. The number of nitrogens with one attached hydrogen (secondary N) is 1. The summed E-state index contributed by atoms with van der Waals surface area (Å²) < 4.78 is 1.86. The molecule has 7 heteroatoms. The van der Waals surface area contributed by atoms with E-state index in [1.807, 2.05) is 60.0 Å². The molecule has 0 bridgehead atoms. The van der Waals surface area contributed by atoms with Crippen LogP contribution in [0.1, 0.15) is 11.4 Å². The number of para-hydroxylation sites is 1. The van der Waals surface area contributed by atoms with E-state index in [1.165, 1.54) is 5.56 Å². The molecule has 0 aliphatic carbocycles. The van der Waals surface area contributed by atoms with Crippen molar-refractivity contribution >= 4 is 23.4 Å². The Bertz CT molecular complexity index is 865. The van der Waals surface area contributed by atoms with Crippen LogP contribution in [0.15, 0.2) is 59.8 Å². The highest BCUT2D eigenvalue weighted by molar-refractivity contribution is 7.99. The Labute approximate surface area is 149 Å². The van der Waals surface area contributed by atoms with Crippen molar-refractivity contribution in [1.82, 2.24) is 14.8 Å². The minimum atomic E-state index is -1.13. The molecule has 25 heavy (non-hydrogen) atoms. The van der Waals surface area contributed by atoms with Gasteiger partial charge in [0.15, 0.2) is 11.0 Å². The molecule has 1 heterocycles. The van der Waals surface area contributed by atoms with Gasteiger partial charge in [0.1, 0.15) is 0 Å². The van der Waals surface area contributed by atoms with E-state index < -0.39 is 5.97 Å². The van der Waals surface area contributed by atoms with Gasteiger partial charge in [-0.3, -0.25) is 4.57 Å². The van der Waals surface area contributed by atoms with Crippen LogP contribution in [0.2, 0.25) is 0 Å². The normalized spacial score (nSPS) is 10.6. The zero-order chi connectivity index (χ0) is 17.6. The summed E-state index contributed by atoms with van der Waals surface area (Å²) in [5.74, 6) is -0.600. The maximum absolute atomic E-state index is 10.8. The third kappa shape index (κ3) is 4.39. The van der Waals surface area contributed by atoms with Crippen LogP contribution in [0.5, 0.6) is 0 Å². The van der Waals surface area contributed by atoms with Crippen LogP contribution < -0.4 is 10.4 Å². The second-order valence-corrected chi connectivity index (χ2v) is 6.40. The number of aliphatic carboxylic acids is 1. The van der Waals surface area contributed by atoms with Gasteiger partial charge in [0, 0.05) is 17.1 Å². The summed E-state index contributed by atoms with van der Waals surface area (Å²) in [6.45, 7) is 2.50. The summed E-state index contributed by atoms with van der Waals surface area (Å²) in [6.07, 6.45) is 0. The third-order valence-electron chi connectivity index (χ3n) is 3.50. The lowest BCUT2D eigenvalue weighted by Gasteiger charge is -2.11. The molecule has 128 valence electrons. The third-order valence-corrected chi connectivity index (χ3v) is 4.41. The van der Waals surface area contributed by atoms with Gasteiger partial charge < -0.3 is 15.2 Å². The van der Waals surface area contributed by atoms with Crippen molar-refractivity contribution in [3.63, 3.8) is 0 Å². The molecule has 1 aromatic heterocycles. The van der Waals surface area contributed by atoms with Gasteiger partial charge in [-0.05, 0) is 36.8 Å². The Kier molecular flexibility index (Phi) is 5.35. The number of thioether (sulfide) groups is 1. The summed E-state index contributed by atoms with van der Waals surface area (Å²) in [4.78, 5) is 10.8. The molecule has 0 saturated heterocycles. The summed E-state index contributed by atoms with van der Waals surface area (Å²) in [5.41, 5.74) is 3.04. The van der Waals surface area contributed by atoms with Crippen molar-refractivity contribution in [2.45, 2.75) is 18.6 Å². The fourth-order valence-corrected chi connectivity index (χ4v) is 3.09. The van der Waals surface area contributed by atoms with Crippen molar-refractivity contribution in [3.8, 4) is 5.69 Å². The maximum atomic E-state index is 10.8. The molecule has 0 amide bonds. The Morgan fingerprint density at radius 1 is 1.16 bits per heavy atom. The van der Waals surface area contributed by atoms with Gasteiger partial charge in [-0.2, -0.15) is 0 Å². The molecule has 0 aliphatic rings.